The summed E-state index contributed by atoms with van der Waals surface area (Å²) in [5.41, 5.74) is -0.252. The van der Waals surface area contributed by atoms with Crippen LogP contribution in [0.25, 0.3) is 6.08 Å². The number of ether oxygens (including phenoxy) is 2. The van der Waals surface area contributed by atoms with Crippen LogP contribution in [0.5, 0.6) is 5.75 Å². The van der Waals surface area contributed by atoms with Crippen molar-refractivity contribution in [3.05, 3.63) is 65.2 Å². The van der Waals surface area contributed by atoms with Crippen molar-refractivity contribution in [3.63, 3.8) is 0 Å². The van der Waals surface area contributed by atoms with Crippen LogP contribution in [0.3, 0.4) is 0 Å². The molecule has 1 N–H and O–H groups in total. The Morgan fingerprint density at radius 3 is 2.44 bits per heavy atom. The van der Waals surface area contributed by atoms with Gasteiger partial charge >= 0.3 is 5.97 Å². The number of anilines is 1. The van der Waals surface area contributed by atoms with Crippen LogP contribution >= 0.6 is 0 Å². The van der Waals surface area contributed by atoms with Crippen molar-refractivity contribution in [3.8, 4) is 5.75 Å². The Labute approximate surface area is 151 Å². The van der Waals surface area contributed by atoms with Crippen molar-refractivity contribution in [1.82, 2.24) is 0 Å². The Morgan fingerprint density at radius 1 is 1.04 bits per heavy atom. The minimum atomic E-state index is -1.74. The first-order valence-electron chi connectivity index (χ1n) is 7.43. The normalized spacial score (nSPS) is 10.7. The molecule has 0 heterocycles. The highest BCUT2D eigenvalue weighted by atomic mass is 19.2. The average Bonchev–Trinajstić information content (AvgIpc) is 2.65. The van der Waals surface area contributed by atoms with Crippen molar-refractivity contribution in [1.29, 1.82) is 0 Å². The molecule has 27 heavy (non-hydrogen) atoms. The van der Waals surface area contributed by atoms with E-state index < -0.39 is 47.4 Å². The van der Waals surface area contributed by atoms with E-state index in [1.807, 2.05) is 5.32 Å². The molecule has 0 aromatic heterocycles. The molecule has 0 saturated heterocycles. The van der Waals surface area contributed by atoms with Crippen LogP contribution in [0.4, 0.5) is 23.2 Å². The summed E-state index contributed by atoms with van der Waals surface area (Å²) in [5, 5.41) is 1.94. The highest BCUT2D eigenvalue weighted by Gasteiger charge is 2.15. The summed E-state index contributed by atoms with van der Waals surface area (Å²) in [6.45, 7) is -0.793. The fourth-order valence-electron chi connectivity index (χ4n) is 1.94. The molecule has 5 nitrogen and oxygen atoms in total. The number of carbonyl (C=O) groups excluding carboxylic acids is 2. The van der Waals surface area contributed by atoms with E-state index in [1.54, 1.807) is 0 Å². The number of methoxy groups -OCH3 is 1. The molecule has 0 spiro atoms. The summed E-state index contributed by atoms with van der Waals surface area (Å²) < 4.78 is 62.2. The molecule has 0 bridgehead atoms. The van der Waals surface area contributed by atoms with Gasteiger partial charge in [0.1, 0.15) is 0 Å². The number of nitrogens with one attached hydrogen (secondary N) is 1. The van der Waals surface area contributed by atoms with Gasteiger partial charge in [-0.05, 0) is 35.9 Å². The topological polar surface area (TPSA) is 64.6 Å². The molecule has 0 aliphatic rings. The summed E-state index contributed by atoms with van der Waals surface area (Å²) in [6.07, 6.45) is 2.20. The number of halogens is 4. The van der Waals surface area contributed by atoms with E-state index in [2.05, 4.69) is 4.74 Å². The molecule has 0 unspecified atom stereocenters. The standard InChI is InChI=1S/C18H13F4NO4/c1-26-14-6-2-10(8-12(14)20)3-7-16(25)27-9-15(24)23-13-5-4-11(19)17(21)18(13)22/h2-8H,9H2,1H3,(H,23,24)/b7-3+. The smallest absolute Gasteiger partial charge is 0.331 e. The maximum absolute atomic E-state index is 13.5. The lowest BCUT2D eigenvalue weighted by Gasteiger charge is -2.07. The van der Waals surface area contributed by atoms with E-state index in [9.17, 15) is 27.2 Å². The zero-order chi connectivity index (χ0) is 20.0. The molecule has 1 amide bonds. The highest BCUT2D eigenvalue weighted by molar-refractivity contribution is 5.94. The number of rotatable bonds is 6. The summed E-state index contributed by atoms with van der Waals surface area (Å²) in [4.78, 5) is 23.2. The maximum Gasteiger partial charge on any atom is 0.331 e. The van der Waals surface area contributed by atoms with E-state index in [1.165, 1.54) is 25.3 Å². The zero-order valence-electron chi connectivity index (χ0n) is 13.9. The van der Waals surface area contributed by atoms with E-state index in [4.69, 9.17) is 4.74 Å². The van der Waals surface area contributed by atoms with Crippen LogP contribution < -0.4 is 10.1 Å². The van der Waals surface area contributed by atoms with Gasteiger partial charge in [-0.15, -0.1) is 0 Å². The van der Waals surface area contributed by atoms with Crippen molar-refractivity contribution in [2.75, 3.05) is 19.0 Å². The molecular weight excluding hydrogens is 370 g/mol. The van der Waals surface area contributed by atoms with Crippen molar-refractivity contribution < 1.29 is 36.6 Å². The lowest BCUT2D eigenvalue weighted by Crippen LogP contribution is -2.21. The van der Waals surface area contributed by atoms with Crippen molar-refractivity contribution in [2.24, 2.45) is 0 Å². The maximum atomic E-state index is 13.5. The zero-order valence-corrected chi connectivity index (χ0v) is 13.9. The van der Waals surface area contributed by atoms with Gasteiger partial charge in [0.2, 0.25) is 0 Å². The number of hydrogen-bond acceptors (Lipinski definition) is 4. The molecule has 9 heteroatoms. The molecule has 0 saturated carbocycles. The van der Waals surface area contributed by atoms with Crippen LogP contribution in [0.15, 0.2) is 36.4 Å². The third-order valence-corrected chi connectivity index (χ3v) is 3.24. The molecule has 0 aliphatic heterocycles. The second-order valence-electron chi connectivity index (χ2n) is 5.11. The van der Waals surface area contributed by atoms with Crippen LogP contribution in [-0.4, -0.2) is 25.6 Å². The van der Waals surface area contributed by atoms with Gasteiger partial charge in [0.15, 0.2) is 35.6 Å². The Morgan fingerprint density at radius 2 is 1.78 bits per heavy atom. The Hall–Kier alpha value is -3.36. The summed E-state index contributed by atoms with van der Waals surface area (Å²) in [6, 6.07) is 5.44. The van der Waals surface area contributed by atoms with Crippen molar-refractivity contribution >= 4 is 23.6 Å². The second-order valence-corrected chi connectivity index (χ2v) is 5.11. The molecular formula is C18H13F4NO4. The third-order valence-electron chi connectivity index (χ3n) is 3.24. The van der Waals surface area contributed by atoms with E-state index in [0.29, 0.717) is 11.6 Å². The number of carbonyl (C=O) groups is 2. The van der Waals surface area contributed by atoms with Gasteiger partial charge in [-0.2, -0.15) is 0 Å². The molecule has 2 aromatic carbocycles. The predicted octanol–water partition coefficient (Wildman–Crippen LogP) is 3.45. The largest absolute Gasteiger partial charge is 0.494 e. The van der Waals surface area contributed by atoms with Crippen LogP contribution in [0.1, 0.15) is 5.56 Å². The molecule has 0 aliphatic carbocycles. The molecule has 2 rings (SSSR count). The molecule has 0 atom stereocenters. The number of hydrogen-bond donors (Lipinski definition) is 1. The lowest BCUT2D eigenvalue weighted by atomic mass is 10.2. The van der Waals surface area contributed by atoms with E-state index in [0.717, 1.165) is 18.2 Å². The first kappa shape index (κ1) is 20.0. The Balaban J connectivity index is 1.89. The van der Waals surface area contributed by atoms with Gasteiger partial charge in [-0.3, -0.25) is 4.79 Å². The summed E-state index contributed by atoms with van der Waals surface area (Å²) in [5.74, 6) is -7.19. The van der Waals surface area contributed by atoms with Gasteiger partial charge in [-0.25, -0.2) is 22.4 Å². The summed E-state index contributed by atoms with van der Waals surface area (Å²) >= 11 is 0. The number of benzene rings is 2. The lowest BCUT2D eigenvalue weighted by molar-refractivity contribution is -0.142. The second kappa shape index (κ2) is 8.84. The minimum Gasteiger partial charge on any atom is -0.494 e. The van der Waals surface area contributed by atoms with E-state index >= 15 is 0 Å². The fraction of sp³-hybridized carbons (Fsp3) is 0.111. The van der Waals surface area contributed by atoms with Crippen LogP contribution in [0, 0.1) is 23.3 Å². The van der Waals surface area contributed by atoms with Gasteiger partial charge < -0.3 is 14.8 Å². The Kier molecular flexibility index (Phi) is 6.53. The van der Waals surface area contributed by atoms with E-state index in [-0.39, 0.29) is 5.75 Å². The number of amides is 1. The first-order valence-corrected chi connectivity index (χ1v) is 7.43. The van der Waals surface area contributed by atoms with Gasteiger partial charge in [-0.1, -0.05) is 6.07 Å². The van der Waals surface area contributed by atoms with Gasteiger partial charge in [0, 0.05) is 6.08 Å². The number of esters is 1. The molecule has 0 fully saturated rings. The van der Waals surface area contributed by atoms with Gasteiger partial charge in [0.05, 0.1) is 12.8 Å². The Bertz CT molecular complexity index is 899. The fourth-order valence-corrected chi connectivity index (χ4v) is 1.94. The SMILES string of the molecule is COc1ccc(/C=C/C(=O)OCC(=O)Nc2ccc(F)c(F)c2F)cc1F. The molecule has 2 aromatic rings. The summed E-state index contributed by atoms with van der Waals surface area (Å²) in [7, 11) is 1.31. The average molecular weight is 383 g/mol. The quantitative estimate of drug-likeness (QED) is 0.359. The minimum absolute atomic E-state index is 0.0378. The van der Waals surface area contributed by atoms with Crippen molar-refractivity contribution in [2.45, 2.75) is 0 Å². The first-order chi connectivity index (χ1) is 12.8. The highest BCUT2D eigenvalue weighted by Crippen LogP contribution is 2.20. The molecule has 142 valence electrons. The predicted molar refractivity (Wildman–Crippen MR) is 87.9 cm³/mol. The van der Waals surface area contributed by atoms with Gasteiger partial charge in [0.25, 0.3) is 5.91 Å². The van der Waals surface area contributed by atoms with Crippen LogP contribution in [-0.2, 0) is 14.3 Å². The third kappa shape index (κ3) is 5.30. The van der Waals surface area contributed by atoms with Crippen LogP contribution in [0.2, 0.25) is 0 Å². The monoisotopic (exact) mass is 383 g/mol. The molecule has 0 radical (unpaired) electrons.